The van der Waals surface area contributed by atoms with Crippen LogP contribution in [-0.4, -0.2) is 37.1 Å². The highest BCUT2D eigenvalue weighted by Crippen LogP contribution is 2.38. The van der Waals surface area contributed by atoms with Crippen molar-refractivity contribution in [2.45, 2.75) is 50.6 Å². The molecular weight excluding hydrogens is 232 g/mol. The summed E-state index contributed by atoms with van der Waals surface area (Å²) >= 11 is 0. The Morgan fingerprint density at radius 2 is 1.95 bits per heavy atom. The summed E-state index contributed by atoms with van der Waals surface area (Å²) in [4.78, 5) is 2.50. The third-order valence-electron chi connectivity index (χ3n) is 4.83. The van der Waals surface area contributed by atoms with E-state index in [1.54, 1.807) is 5.56 Å². The molecule has 2 aliphatic rings. The molecule has 3 rings (SSSR count). The average Bonchev–Trinajstić information content (AvgIpc) is 3.17. The van der Waals surface area contributed by atoms with Crippen LogP contribution in [0.25, 0.3) is 0 Å². The van der Waals surface area contributed by atoms with Crippen LogP contribution in [0.2, 0.25) is 0 Å². The van der Waals surface area contributed by atoms with Gasteiger partial charge < -0.3 is 10.2 Å². The van der Waals surface area contributed by atoms with Crippen molar-refractivity contribution in [2.24, 2.45) is 0 Å². The number of nitrogens with one attached hydrogen (secondary N) is 1. The minimum Gasteiger partial charge on any atom is -0.313 e. The van der Waals surface area contributed by atoms with Gasteiger partial charge in [-0.25, -0.2) is 0 Å². The van der Waals surface area contributed by atoms with Gasteiger partial charge in [0.15, 0.2) is 0 Å². The monoisotopic (exact) mass is 258 g/mol. The molecule has 2 fully saturated rings. The van der Waals surface area contributed by atoms with E-state index in [-0.39, 0.29) is 0 Å². The molecule has 1 aromatic carbocycles. The SMILES string of the molecule is Cc1ccccc1C1CC(NCCN(C)C2CC2)C1. The van der Waals surface area contributed by atoms with Crippen LogP contribution in [0, 0.1) is 6.92 Å². The van der Waals surface area contributed by atoms with Crippen molar-refractivity contribution >= 4 is 0 Å². The van der Waals surface area contributed by atoms with Crippen molar-refractivity contribution in [1.82, 2.24) is 10.2 Å². The summed E-state index contributed by atoms with van der Waals surface area (Å²) in [6.45, 7) is 4.59. The second kappa shape index (κ2) is 5.64. The van der Waals surface area contributed by atoms with Crippen molar-refractivity contribution in [3.05, 3.63) is 35.4 Å². The molecule has 2 nitrogen and oxygen atoms in total. The summed E-state index contributed by atoms with van der Waals surface area (Å²) < 4.78 is 0. The van der Waals surface area contributed by atoms with Crippen molar-refractivity contribution in [3.8, 4) is 0 Å². The Bertz CT molecular complexity index is 419. The molecule has 0 spiro atoms. The second-order valence-electron chi connectivity index (χ2n) is 6.39. The standard InChI is InChI=1S/C17H26N2/c1-13-5-3-4-6-17(13)14-11-15(12-14)18-9-10-19(2)16-7-8-16/h3-6,14-16,18H,7-12H2,1-2H3. The van der Waals surface area contributed by atoms with Gasteiger partial charge in [-0.15, -0.1) is 0 Å². The molecule has 2 aliphatic carbocycles. The molecule has 0 radical (unpaired) electrons. The van der Waals surface area contributed by atoms with Crippen LogP contribution in [0.1, 0.15) is 42.7 Å². The lowest BCUT2D eigenvalue weighted by Gasteiger charge is -2.37. The average molecular weight is 258 g/mol. The Hall–Kier alpha value is -0.860. The molecule has 0 saturated heterocycles. The summed E-state index contributed by atoms with van der Waals surface area (Å²) in [5.74, 6) is 0.792. The van der Waals surface area contributed by atoms with Crippen LogP contribution in [0.5, 0.6) is 0 Å². The van der Waals surface area contributed by atoms with Gasteiger partial charge >= 0.3 is 0 Å². The van der Waals surface area contributed by atoms with Crippen molar-refractivity contribution in [3.63, 3.8) is 0 Å². The highest BCUT2D eigenvalue weighted by molar-refractivity contribution is 5.31. The van der Waals surface area contributed by atoms with Crippen LogP contribution in [-0.2, 0) is 0 Å². The van der Waals surface area contributed by atoms with Gasteiger partial charge in [-0.2, -0.15) is 0 Å². The van der Waals surface area contributed by atoms with E-state index in [1.165, 1.54) is 37.8 Å². The lowest BCUT2D eigenvalue weighted by atomic mass is 9.74. The number of hydrogen-bond donors (Lipinski definition) is 1. The van der Waals surface area contributed by atoms with E-state index in [1.807, 2.05) is 0 Å². The number of hydrogen-bond acceptors (Lipinski definition) is 2. The Labute approximate surface area is 117 Å². The summed E-state index contributed by atoms with van der Waals surface area (Å²) in [5.41, 5.74) is 3.02. The first-order valence-electron chi connectivity index (χ1n) is 7.73. The molecule has 2 saturated carbocycles. The lowest BCUT2D eigenvalue weighted by Crippen LogP contribution is -2.43. The van der Waals surface area contributed by atoms with E-state index < -0.39 is 0 Å². The quantitative estimate of drug-likeness (QED) is 0.844. The zero-order valence-electron chi connectivity index (χ0n) is 12.2. The predicted octanol–water partition coefficient (Wildman–Crippen LogP) is 2.92. The third kappa shape index (κ3) is 3.18. The van der Waals surface area contributed by atoms with Gasteiger partial charge in [-0.3, -0.25) is 0 Å². The normalized spacial score (nSPS) is 26.5. The maximum Gasteiger partial charge on any atom is 0.0107 e. The van der Waals surface area contributed by atoms with Crippen LogP contribution in [0.4, 0.5) is 0 Å². The van der Waals surface area contributed by atoms with E-state index in [4.69, 9.17) is 0 Å². The Morgan fingerprint density at radius 3 is 2.63 bits per heavy atom. The largest absolute Gasteiger partial charge is 0.313 e. The van der Waals surface area contributed by atoms with Crippen LogP contribution >= 0.6 is 0 Å². The van der Waals surface area contributed by atoms with Gasteiger partial charge in [-0.1, -0.05) is 24.3 Å². The topological polar surface area (TPSA) is 15.3 Å². The molecule has 0 aromatic heterocycles. The highest BCUT2D eigenvalue weighted by atomic mass is 15.2. The predicted molar refractivity (Wildman–Crippen MR) is 80.6 cm³/mol. The Balaban J connectivity index is 1.37. The molecule has 0 bridgehead atoms. The van der Waals surface area contributed by atoms with Crippen molar-refractivity contribution in [1.29, 1.82) is 0 Å². The van der Waals surface area contributed by atoms with Crippen LogP contribution in [0.15, 0.2) is 24.3 Å². The van der Waals surface area contributed by atoms with Gasteiger partial charge in [0.05, 0.1) is 0 Å². The number of benzene rings is 1. The number of rotatable bonds is 6. The fraction of sp³-hybridized carbons (Fsp3) is 0.647. The minimum atomic E-state index is 0.747. The first kappa shape index (κ1) is 13.1. The van der Waals surface area contributed by atoms with E-state index in [9.17, 15) is 0 Å². The van der Waals surface area contributed by atoms with Crippen molar-refractivity contribution < 1.29 is 0 Å². The highest BCUT2D eigenvalue weighted by Gasteiger charge is 2.31. The molecule has 2 heteroatoms. The third-order valence-corrected chi connectivity index (χ3v) is 4.83. The smallest absolute Gasteiger partial charge is 0.0107 e. The van der Waals surface area contributed by atoms with Gasteiger partial charge in [0.1, 0.15) is 0 Å². The summed E-state index contributed by atoms with van der Waals surface area (Å²) in [7, 11) is 2.26. The van der Waals surface area contributed by atoms with Crippen LogP contribution in [0.3, 0.4) is 0 Å². The molecule has 0 amide bonds. The number of aryl methyl sites for hydroxylation is 1. The molecule has 0 atom stereocenters. The molecule has 1 N–H and O–H groups in total. The van der Waals surface area contributed by atoms with Gasteiger partial charge in [-0.05, 0) is 56.7 Å². The molecule has 0 aliphatic heterocycles. The fourth-order valence-corrected chi connectivity index (χ4v) is 3.23. The first-order chi connectivity index (χ1) is 9.24. The molecule has 104 valence electrons. The van der Waals surface area contributed by atoms with E-state index in [0.717, 1.165) is 24.5 Å². The first-order valence-corrected chi connectivity index (χ1v) is 7.73. The summed E-state index contributed by atoms with van der Waals surface area (Å²) in [5, 5.41) is 3.71. The molecule has 0 unspecified atom stereocenters. The maximum atomic E-state index is 3.71. The van der Waals surface area contributed by atoms with Crippen molar-refractivity contribution in [2.75, 3.05) is 20.1 Å². The molecule has 19 heavy (non-hydrogen) atoms. The molecular formula is C17H26N2. The number of likely N-dealkylation sites (N-methyl/N-ethyl adjacent to an activating group) is 1. The molecule has 0 heterocycles. The van der Waals surface area contributed by atoms with E-state index in [0.29, 0.717) is 0 Å². The van der Waals surface area contributed by atoms with Gasteiger partial charge in [0.2, 0.25) is 0 Å². The number of nitrogens with zero attached hydrogens (tertiary/aromatic N) is 1. The Kier molecular flexibility index (Phi) is 3.90. The van der Waals surface area contributed by atoms with Crippen LogP contribution < -0.4 is 5.32 Å². The second-order valence-corrected chi connectivity index (χ2v) is 6.39. The minimum absolute atomic E-state index is 0.747. The summed E-state index contributed by atoms with van der Waals surface area (Å²) in [6.07, 6.45) is 5.46. The maximum absolute atomic E-state index is 3.71. The zero-order valence-corrected chi connectivity index (χ0v) is 12.2. The lowest BCUT2D eigenvalue weighted by molar-refractivity contribution is 0.262. The van der Waals surface area contributed by atoms with E-state index in [2.05, 4.69) is 48.5 Å². The van der Waals surface area contributed by atoms with Gasteiger partial charge in [0.25, 0.3) is 0 Å². The summed E-state index contributed by atoms with van der Waals surface area (Å²) in [6, 6.07) is 10.5. The van der Waals surface area contributed by atoms with E-state index >= 15 is 0 Å². The molecule has 1 aromatic rings. The van der Waals surface area contributed by atoms with Gasteiger partial charge in [0, 0.05) is 25.2 Å². The fourth-order valence-electron chi connectivity index (χ4n) is 3.23. The Morgan fingerprint density at radius 1 is 1.21 bits per heavy atom. The zero-order chi connectivity index (χ0) is 13.2.